The number of benzene rings is 1. The van der Waals surface area contributed by atoms with Crippen LogP contribution in [0.5, 0.6) is 0 Å². The second-order valence-corrected chi connectivity index (χ2v) is 3.69. The number of aromatic nitrogens is 1. The molecule has 0 aliphatic rings. The van der Waals surface area contributed by atoms with Gasteiger partial charge < -0.3 is 14.9 Å². The Kier molecular flexibility index (Phi) is 3.85. The van der Waals surface area contributed by atoms with Crippen molar-refractivity contribution in [1.82, 2.24) is 10.5 Å². The van der Waals surface area contributed by atoms with E-state index in [0.29, 0.717) is 18.7 Å². The van der Waals surface area contributed by atoms with Crippen LogP contribution in [0.3, 0.4) is 0 Å². The van der Waals surface area contributed by atoms with Crippen molar-refractivity contribution in [3.8, 4) is 0 Å². The molecule has 0 bridgehead atoms. The van der Waals surface area contributed by atoms with Crippen molar-refractivity contribution < 1.29 is 14.0 Å². The smallest absolute Gasteiger partial charge is 0.124 e. The number of halogens is 1. The molecule has 1 unspecified atom stereocenters. The fraction of sp³-hybridized carbons (Fsp3) is 0.250. The molecule has 1 atom stereocenters. The molecule has 17 heavy (non-hydrogen) atoms. The maximum absolute atomic E-state index is 12.7. The van der Waals surface area contributed by atoms with E-state index in [1.807, 2.05) is 0 Å². The van der Waals surface area contributed by atoms with Gasteiger partial charge in [-0.1, -0.05) is 17.3 Å². The molecule has 2 rings (SSSR count). The zero-order valence-electron chi connectivity index (χ0n) is 9.14. The van der Waals surface area contributed by atoms with E-state index >= 15 is 0 Å². The molecule has 0 spiro atoms. The minimum Gasteiger partial charge on any atom is -0.387 e. The van der Waals surface area contributed by atoms with Crippen LogP contribution in [0.4, 0.5) is 4.39 Å². The second-order valence-electron chi connectivity index (χ2n) is 3.69. The van der Waals surface area contributed by atoms with Crippen molar-refractivity contribution in [2.45, 2.75) is 12.6 Å². The standard InChI is InChI=1S/C12H13FN2O2/c13-10-3-1-9(2-4-10)12(16)8-14-7-11-5-6-17-15-11/h1-6,12,14,16H,7-8H2. The molecule has 5 heteroatoms. The molecular formula is C12H13FN2O2. The molecule has 1 aromatic heterocycles. The van der Waals surface area contributed by atoms with E-state index in [0.717, 1.165) is 5.69 Å². The summed E-state index contributed by atoms with van der Waals surface area (Å²) >= 11 is 0. The van der Waals surface area contributed by atoms with Crippen LogP contribution in [-0.2, 0) is 6.54 Å². The highest BCUT2D eigenvalue weighted by atomic mass is 19.1. The Morgan fingerprint density at radius 1 is 1.29 bits per heavy atom. The molecule has 0 aliphatic heterocycles. The van der Waals surface area contributed by atoms with Crippen LogP contribution in [0, 0.1) is 5.82 Å². The van der Waals surface area contributed by atoms with Gasteiger partial charge in [-0.15, -0.1) is 0 Å². The summed E-state index contributed by atoms with van der Waals surface area (Å²) in [6, 6.07) is 7.54. The lowest BCUT2D eigenvalue weighted by Gasteiger charge is -2.11. The highest BCUT2D eigenvalue weighted by molar-refractivity contribution is 5.18. The van der Waals surface area contributed by atoms with Crippen LogP contribution >= 0.6 is 0 Å². The Hall–Kier alpha value is -1.72. The topological polar surface area (TPSA) is 58.3 Å². The fourth-order valence-corrected chi connectivity index (χ4v) is 1.47. The van der Waals surface area contributed by atoms with E-state index in [4.69, 9.17) is 0 Å². The number of aliphatic hydroxyl groups is 1. The van der Waals surface area contributed by atoms with Crippen molar-refractivity contribution >= 4 is 0 Å². The summed E-state index contributed by atoms with van der Waals surface area (Å²) in [5.41, 5.74) is 1.45. The van der Waals surface area contributed by atoms with Gasteiger partial charge in [-0.3, -0.25) is 0 Å². The van der Waals surface area contributed by atoms with Crippen molar-refractivity contribution in [3.63, 3.8) is 0 Å². The van der Waals surface area contributed by atoms with Crippen LogP contribution < -0.4 is 5.32 Å². The number of hydrogen-bond donors (Lipinski definition) is 2. The Morgan fingerprint density at radius 2 is 2.06 bits per heavy atom. The molecule has 0 aliphatic carbocycles. The van der Waals surface area contributed by atoms with Gasteiger partial charge in [-0.25, -0.2) is 4.39 Å². The van der Waals surface area contributed by atoms with Crippen molar-refractivity contribution in [3.05, 3.63) is 53.7 Å². The van der Waals surface area contributed by atoms with Gasteiger partial charge in [0.2, 0.25) is 0 Å². The minimum absolute atomic E-state index is 0.309. The van der Waals surface area contributed by atoms with Crippen LogP contribution in [0.25, 0.3) is 0 Å². The third-order valence-electron chi connectivity index (χ3n) is 2.39. The predicted octanol–water partition coefficient (Wildman–Crippen LogP) is 1.64. The molecule has 0 amide bonds. The molecule has 2 aromatic rings. The van der Waals surface area contributed by atoms with E-state index in [2.05, 4.69) is 15.0 Å². The molecule has 90 valence electrons. The van der Waals surface area contributed by atoms with Crippen molar-refractivity contribution in [2.24, 2.45) is 0 Å². The van der Waals surface area contributed by atoms with Gasteiger partial charge in [0.25, 0.3) is 0 Å². The van der Waals surface area contributed by atoms with E-state index in [1.54, 1.807) is 18.2 Å². The van der Waals surface area contributed by atoms with Gasteiger partial charge in [-0.2, -0.15) is 0 Å². The second kappa shape index (κ2) is 5.56. The molecular weight excluding hydrogens is 223 g/mol. The number of hydrogen-bond acceptors (Lipinski definition) is 4. The Bertz CT molecular complexity index is 442. The molecule has 2 N–H and O–H groups in total. The molecule has 0 saturated heterocycles. The van der Waals surface area contributed by atoms with Gasteiger partial charge in [0, 0.05) is 19.2 Å². The highest BCUT2D eigenvalue weighted by Gasteiger charge is 2.07. The zero-order valence-corrected chi connectivity index (χ0v) is 9.14. The maximum Gasteiger partial charge on any atom is 0.124 e. The maximum atomic E-state index is 12.7. The lowest BCUT2D eigenvalue weighted by Crippen LogP contribution is -2.21. The summed E-state index contributed by atoms with van der Waals surface area (Å²) in [5.74, 6) is -0.309. The minimum atomic E-state index is -0.664. The zero-order chi connectivity index (χ0) is 12.1. The largest absolute Gasteiger partial charge is 0.387 e. The predicted molar refractivity (Wildman–Crippen MR) is 59.6 cm³/mol. The molecule has 0 saturated carbocycles. The molecule has 1 heterocycles. The fourth-order valence-electron chi connectivity index (χ4n) is 1.47. The monoisotopic (exact) mass is 236 g/mol. The third kappa shape index (κ3) is 3.37. The first-order valence-electron chi connectivity index (χ1n) is 5.29. The van der Waals surface area contributed by atoms with Crippen LogP contribution in [0.15, 0.2) is 41.1 Å². The molecule has 4 nitrogen and oxygen atoms in total. The first-order valence-corrected chi connectivity index (χ1v) is 5.29. The lowest BCUT2D eigenvalue weighted by atomic mass is 10.1. The van der Waals surface area contributed by atoms with Gasteiger partial charge in [0.05, 0.1) is 11.8 Å². The summed E-state index contributed by atoms with van der Waals surface area (Å²) in [5, 5.41) is 16.6. The van der Waals surface area contributed by atoms with Crippen LogP contribution in [0.2, 0.25) is 0 Å². The molecule has 0 radical (unpaired) electrons. The van der Waals surface area contributed by atoms with Crippen LogP contribution in [-0.4, -0.2) is 16.8 Å². The van der Waals surface area contributed by atoms with Gasteiger partial charge in [0.15, 0.2) is 0 Å². The van der Waals surface area contributed by atoms with E-state index < -0.39 is 6.10 Å². The molecule has 1 aromatic carbocycles. The summed E-state index contributed by atoms with van der Waals surface area (Å²) in [6.45, 7) is 0.896. The van der Waals surface area contributed by atoms with E-state index in [-0.39, 0.29) is 5.82 Å². The molecule has 0 fully saturated rings. The Balaban J connectivity index is 1.81. The number of rotatable bonds is 5. The Morgan fingerprint density at radius 3 is 2.71 bits per heavy atom. The normalized spacial score (nSPS) is 12.6. The van der Waals surface area contributed by atoms with Crippen molar-refractivity contribution in [2.75, 3.05) is 6.54 Å². The SMILES string of the molecule is OC(CNCc1ccon1)c1ccc(F)cc1. The highest BCUT2D eigenvalue weighted by Crippen LogP contribution is 2.12. The first-order chi connectivity index (χ1) is 8.25. The lowest BCUT2D eigenvalue weighted by molar-refractivity contribution is 0.174. The van der Waals surface area contributed by atoms with Gasteiger partial charge in [0.1, 0.15) is 12.1 Å². The number of nitrogens with zero attached hydrogens (tertiary/aromatic N) is 1. The quantitative estimate of drug-likeness (QED) is 0.828. The van der Waals surface area contributed by atoms with E-state index in [1.165, 1.54) is 18.4 Å². The van der Waals surface area contributed by atoms with Gasteiger partial charge in [-0.05, 0) is 17.7 Å². The summed E-state index contributed by atoms with van der Waals surface area (Å²) in [4.78, 5) is 0. The summed E-state index contributed by atoms with van der Waals surface area (Å²) in [6.07, 6.45) is 0.829. The number of aliphatic hydroxyl groups excluding tert-OH is 1. The first kappa shape index (κ1) is 11.8. The Labute approximate surface area is 98.1 Å². The number of nitrogens with one attached hydrogen (secondary N) is 1. The average molecular weight is 236 g/mol. The van der Waals surface area contributed by atoms with Crippen LogP contribution in [0.1, 0.15) is 17.4 Å². The third-order valence-corrected chi connectivity index (χ3v) is 2.39. The summed E-state index contributed by atoms with van der Waals surface area (Å²) < 4.78 is 17.3. The average Bonchev–Trinajstić information content (AvgIpc) is 2.83. The van der Waals surface area contributed by atoms with Crippen molar-refractivity contribution in [1.29, 1.82) is 0 Å². The van der Waals surface area contributed by atoms with E-state index in [9.17, 15) is 9.50 Å². The summed E-state index contributed by atoms with van der Waals surface area (Å²) in [7, 11) is 0. The van der Waals surface area contributed by atoms with Gasteiger partial charge >= 0.3 is 0 Å².